The van der Waals surface area contributed by atoms with Gasteiger partial charge < -0.3 is 10.5 Å². The molecule has 0 radical (unpaired) electrons. The van der Waals surface area contributed by atoms with E-state index in [9.17, 15) is 0 Å². The number of rotatable bonds is 4. The van der Waals surface area contributed by atoms with Gasteiger partial charge in [-0.15, -0.1) is 0 Å². The Kier molecular flexibility index (Phi) is 4.75. The van der Waals surface area contributed by atoms with Crippen LogP contribution in [0.15, 0.2) is 24.3 Å². The zero-order valence-corrected chi connectivity index (χ0v) is 11.4. The van der Waals surface area contributed by atoms with Crippen LogP contribution in [0.25, 0.3) is 0 Å². The number of aryl methyl sites for hydroxylation is 1. The zero-order valence-electron chi connectivity index (χ0n) is 11.4. The van der Waals surface area contributed by atoms with Gasteiger partial charge in [0.05, 0.1) is 12.7 Å². The maximum atomic E-state index is 6.02. The van der Waals surface area contributed by atoms with Crippen molar-refractivity contribution in [1.29, 1.82) is 0 Å². The zero-order chi connectivity index (χ0) is 13.0. The van der Waals surface area contributed by atoms with Crippen LogP contribution in [0, 0.1) is 0 Å². The van der Waals surface area contributed by atoms with E-state index in [4.69, 9.17) is 10.5 Å². The highest BCUT2D eigenvalue weighted by Crippen LogP contribution is 2.25. The molecule has 1 aromatic carbocycles. The van der Waals surface area contributed by atoms with Gasteiger partial charge in [-0.3, -0.25) is 4.90 Å². The summed E-state index contributed by atoms with van der Waals surface area (Å²) in [5.41, 5.74) is 8.82. The molecule has 0 bridgehead atoms. The highest BCUT2D eigenvalue weighted by molar-refractivity contribution is 5.30. The molecule has 0 aliphatic carbocycles. The van der Waals surface area contributed by atoms with Gasteiger partial charge in [0.2, 0.25) is 0 Å². The molecule has 1 aromatic rings. The van der Waals surface area contributed by atoms with Gasteiger partial charge in [0.15, 0.2) is 0 Å². The SMILES string of the molecule is CCc1ccccc1C(CN)N1CCOC(C)C1. The van der Waals surface area contributed by atoms with Gasteiger partial charge in [-0.2, -0.15) is 0 Å². The van der Waals surface area contributed by atoms with Crippen molar-refractivity contribution in [2.45, 2.75) is 32.4 Å². The molecule has 0 amide bonds. The van der Waals surface area contributed by atoms with Gasteiger partial charge in [0.25, 0.3) is 0 Å². The minimum absolute atomic E-state index is 0.307. The summed E-state index contributed by atoms with van der Waals surface area (Å²) in [5, 5.41) is 0. The second-order valence-electron chi connectivity index (χ2n) is 4.98. The first-order valence-corrected chi connectivity index (χ1v) is 6.89. The average Bonchev–Trinajstić information content (AvgIpc) is 2.40. The normalized spacial score (nSPS) is 22.9. The Morgan fingerprint density at radius 2 is 2.22 bits per heavy atom. The van der Waals surface area contributed by atoms with E-state index in [-0.39, 0.29) is 0 Å². The largest absolute Gasteiger partial charge is 0.376 e. The molecule has 3 heteroatoms. The van der Waals surface area contributed by atoms with Crippen molar-refractivity contribution < 1.29 is 4.74 Å². The number of nitrogens with zero attached hydrogens (tertiary/aromatic N) is 1. The first kappa shape index (κ1) is 13.5. The van der Waals surface area contributed by atoms with E-state index in [0.29, 0.717) is 18.7 Å². The van der Waals surface area contributed by atoms with Crippen molar-refractivity contribution in [3.05, 3.63) is 35.4 Å². The molecule has 1 aliphatic heterocycles. The fraction of sp³-hybridized carbons (Fsp3) is 0.600. The Bertz CT molecular complexity index is 381. The van der Waals surface area contributed by atoms with Crippen molar-refractivity contribution in [1.82, 2.24) is 4.90 Å². The van der Waals surface area contributed by atoms with E-state index >= 15 is 0 Å². The molecule has 100 valence electrons. The van der Waals surface area contributed by atoms with Gasteiger partial charge in [-0.25, -0.2) is 0 Å². The fourth-order valence-electron chi connectivity index (χ4n) is 2.78. The van der Waals surface area contributed by atoms with Crippen LogP contribution in [-0.2, 0) is 11.2 Å². The monoisotopic (exact) mass is 248 g/mol. The highest BCUT2D eigenvalue weighted by atomic mass is 16.5. The van der Waals surface area contributed by atoms with Crippen molar-refractivity contribution in [3.63, 3.8) is 0 Å². The van der Waals surface area contributed by atoms with E-state index in [1.807, 2.05) is 0 Å². The lowest BCUT2D eigenvalue weighted by molar-refractivity contribution is -0.0334. The number of nitrogens with two attached hydrogens (primary N) is 1. The molecule has 1 aliphatic rings. The molecule has 1 heterocycles. The molecule has 0 spiro atoms. The molecule has 2 atom stereocenters. The fourth-order valence-corrected chi connectivity index (χ4v) is 2.78. The predicted molar refractivity (Wildman–Crippen MR) is 74.6 cm³/mol. The number of hydrogen-bond donors (Lipinski definition) is 1. The van der Waals surface area contributed by atoms with Crippen LogP contribution >= 0.6 is 0 Å². The lowest BCUT2D eigenvalue weighted by Gasteiger charge is -2.37. The van der Waals surface area contributed by atoms with Gasteiger partial charge in [-0.1, -0.05) is 31.2 Å². The van der Waals surface area contributed by atoms with E-state index in [1.54, 1.807) is 0 Å². The summed E-state index contributed by atoms with van der Waals surface area (Å²) >= 11 is 0. The van der Waals surface area contributed by atoms with Gasteiger partial charge >= 0.3 is 0 Å². The topological polar surface area (TPSA) is 38.5 Å². The third-order valence-electron chi connectivity index (χ3n) is 3.73. The maximum Gasteiger partial charge on any atom is 0.0674 e. The number of hydrogen-bond acceptors (Lipinski definition) is 3. The number of ether oxygens (including phenoxy) is 1. The molecule has 2 unspecified atom stereocenters. The minimum atomic E-state index is 0.307. The quantitative estimate of drug-likeness (QED) is 0.885. The van der Waals surface area contributed by atoms with E-state index in [0.717, 1.165) is 26.1 Å². The van der Waals surface area contributed by atoms with E-state index in [2.05, 4.69) is 43.0 Å². The average molecular weight is 248 g/mol. The molecule has 1 fully saturated rings. The minimum Gasteiger partial charge on any atom is -0.376 e. The molecule has 18 heavy (non-hydrogen) atoms. The predicted octanol–water partition coefficient (Wildman–Crippen LogP) is 1.97. The number of morpholine rings is 1. The Balaban J connectivity index is 2.21. The van der Waals surface area contributed by atoms with Crippen molar-refractivity contribution >= 4 is 0 Å². The molecule has 3 nitrogen and oxygen atoms in total. The summed E-state index contributed by atoms with van der Waals surface area (Å²) in [4.78, 5) is 2.46. The lowest BCUT2D eigenvalue weighted by Crippen LogP contribution is -2.45. The van der Waals surface area contributed by atoms with Crippen molar-refractivity contribution in [2.24, 2.45) is 5.73 Å². The molecule has 2 rings (SSSR count). The summed E-state index contributed by atoms with van der Waals surface area (Å²) in [6.07, 6.45) is 1.37. The van der Waals surface area contributed by atoms with Crippen LogP contribution in [-0.4, -0.2) is 37.2 Å². The van der Waals surface area contributed by atoms with Gasteiger partial charge in [-0.05, 0) is 24.5 Å². The van der Waals surface area contributed by atoms with E-state index in [1.165, 1.54) is 11.1 Å². The van der Waals surface area contributed by atoms with Crippen LogP contribution < -0.4 is 5.73 Å². The maximum absolute atomic E-state index is 6.02. The summed E-state index contributed by atoms with van der Waals surface area (Å²) in [6, 6.07) is 8.98. The third kappa shape index (κ3) is 2.91. The Hall–Kier alpha value is -0.900. The van der Waals surface area contributed by atoms with Crippen LogP contribution in [0.4, 0.5) is 0 Å². The van der Waals surface area contributed by atoms with Crippen LogP contribution in [0.5, 0.6) is 0 Å². The summed E-state index contributed by atoms with van der Waals surface area (Å²) in [5.74, 6) is 0. The standard InChI is InChI=1S/C15H24N2O/c1-3-13-6-4-5-7-14(13)15(10-16)17-8-9-18-12(2)11-17/h4-7,12,15H,3,8-11,16H2,1-2H3. The Morgan fingerprint density at radius 1 is 1.44 bits per heavy atom. The smallest absolute Gasteiger partial charge is 0.0674 e. The summed E-state index contributed by atoms with van der Waals surface area (Å²) in [7, 11) is 0. The van der Waals surface area contributed by atoms with Crippen molar-refractivity contribution in [3.8, 4) is 0 Å². The Morgan fingerprint density at radius 3 is 2.89 bits per heavy atom. The molecule has 0 saturated carbocycles. The third-order valence-corrected chi connectivity index (χ3v) is 3.73. The van der Waals surface area contributed by atoms with Crippen LogP contribution in [0.1, 0.15) is 31.0 Å². The lowest BCUT2D eigenvalue weighted by atomic mass is 9.97. The molecular formula is C15H24N2O. The second kappa shape index (κ2) is 6.32. The molecular weight excluding hydrogens is 224 g/mol. The molecule has 0 aromatic heterocycles. The van der Waals surface area contributed by atoms with Gasteiger partial charge in [0.1, 0.15) is 0 Å². The molecule has 2 N–H and O–H groups in total. The van der Waals surface area contributed by atoms with E-state index < -0.39 is 0 Å². The van der Waals surface area contributed by atoms with Crippen LogP contribution in [0.2, 0.25) is 0 Å². The summed E-state index contributed by atoms with van der Waals surface area (Å²) in [6.45, 7) is 7.76. The highest BCUT2D eigenvalue weighted by Gasteiger charge is 2.25. The summed E-state index contributed by atoms with van der Waals surface area (Å²) < 4.78 is 5.61. The second-order valence-corrected chi connectivity index (χ2v) is 4.98. The first-order chi connectivity index (χ1) is 8.76. The van der Waals surface area contributed by atoms with Crippen LogP contribution in [0.3, 0.4) is 0 Å². The van der Waals surface area contributed by atoms with Crippen molar-refractivity contribution in [2.75, 3.05) is 26.2 Å². The molecule has 1 saturated heterocycles. The number of benzene rings is 1. The first-order valence-electron chi connectivity index (χ1n) is 6.89. The Labute approximate surface area is 110 Å². The van der Waals surface area contributed by atoms with Gasteiger partial charge in [0, 0.05) is 25.7 Å².